The van der Waals surface area contributed by atoms with Gasteiger partial charge in [-0.3, -0.25) is 4.79 Å². The van der Waals surface area contributed by atoms with Crippen molar-refractivity contribution in [2.45, 2.75) is 36.9 Å². The Hall–Kier alpha value is -2.08. The summed E-state index contributed by atoms with van der Waals surface area (Å²) < 4.78 is 11.2. The molecular formula is C15H14O6. The fourth-order valence-corrected chi connectivity index (χ4v) is 3.97. The second-order valence-corrected chi connectivity index (χ2v) is 5.80. The van der Waals surface area contributed by atoms with Crippen LogP contribution in [0.3, 0.4) is 0 Å². The molecule has 3 aliphatic rings. The van der Waals surface area contributed by atoms with E-state index in [4.69, 9.17) is 9.47 Å². The van der Waals surface area contributed by atoms with Crippen LogP contribution in [0, 0.1) is 0 Å². The number of ether oxygens (including phenoxy) is 2. The lowest BCUT2D eigenvalue weighted by molar-refractivity contribution is -0.132. The molecule has 110 valence electrons. The van der Waals surface area contributed by atoms with E-state index >= 15 is 0 Å². The zero-order chi connectivity index (χ0) is 14.8. The van der Waals surface area contributed by atoms with Crippen LogP contribution in [0.5, 0.6) is 11.5 Å². The quantitative estimate of drug-likeness (QED) is 0.778. The van der Waals surface area contributed by atoms with Gasteiger partial charge in [0.25, 0.3) is 0 Å². The lowest BCUT2D eigenvalue weighted by Gasteiger charge is -2.45. The lowest BCUT2D eigenvalue weighted by atomic mass is 9.62. The zero-order valence-electron chi connectivity index (χ0n) is 11.2. The Bertz CT molecular complexity index is 666. The molecule has 0 aromatic heterocycles. The Balaban J connectivity index is 2.02. The first-order valence-corrected chi connectivity index (χ1v) is 6.94. The first kappa shape index (κ1) is 12.6. The summed E-state index contributed by atoms with van der Waals surface area (Å²) in [5, 5.41) is 19.5. The van der Waals surface area contributed by atoms with Gasteiger partial charge >= 0.3 is 5.97 Å². The van der Waals surface area contributed by atoms with Gasteiger partial charge in [0, 0.05) is 25.0 Å². The van der Waals surface area contributed by atoms with Crippen molar-refractivity contribution >= 4 is 11.8 Å². The van der Waals surface area contributed by atoms with Crippen LogP contribution in [0.2, 0.25) is 0 Å². The van der Waals surface area contributed by atoms with Gasteiger partial charge in [-0.1, -0.05) is 0 Å². The van der Waals surface area contributed by atoms with Crippen LogP contribution in [0.4, 0.5) is 0 Å². The minimum atomic E-state index is -0.736. The number of Topliss-reactive ketones (excluding diaryl/α,β-unsaturated/α-hetero) is 1. The summed E-state index contributed by atoms with van der Waals surface area (Å²) in [4.78, 5) is 24.0. The van der Waals surface area contributed by atoms with Gasteiger partial charge in [0.2, 0.25) is 0 Å². The third-order valence-electron chi connectivity index (χ3n) is 4.83. The minimum Gasteiger partial charge on any atom is -0.504 e. The first-order valence-electron chi connectivity index (χ1n) is 6.94. The number of hydrogen-bond acceptors (Lipinski definition) is 6. The Kier molecular flexibility index (Phi) is 2.39. The highest BCUT2D eigenvalue weighted by Gasteiger charge is 2.63. The molecule has 3 atom stereocenters. The molecule has 2 N–H and O–H groups in total. The average molecular weight is 290 g/mol. The van der Waals surface area contributed by atoms with Gasteiger partial charge < -0.3 is 19.7 Å². The van der Waals surface area contributed by atoms with E-state index in [0.717, 1.165) is 0 Å². The first-order chi connectivity index (χ1) is 10.1. The van der Waals surface area contributed by atoms with Crippen molar-refractivity contribution in [3.8, 4) is 11.5 Å². The van der Waals surface area contributed by atoms with Crippen molar-refractivity contribution < 1.29 is 29.3 Å². The van der Waals surface area contributed by atoms with Crippen molar-refractivity contribution in [1.82, 2.24) is 0 Å². The van der Waals surface area contributed by atoms with Crippen molar-refractivity contribution in [1.29, 1.82) is 0 Å². The molecule has 2 heterocycles. The van der Waals surface area contributed by atoms with E-state index in [1.807, 2.05) is 0 Å². The number of carbonyl (C=O) groups excluding carboxylic acids is 2. The van der Waals surface area contributed by atoms with Crippen molar-refractivity contribution in [3.63, 3.8) is 0 Å². The number of hydrogen-bond donors (Lipinski definition) is 2. The van der Waals surface area contributed by atoms with Crippen LogP contribution in [0.1, 0.15) is 35.2 Å². The molecule has 1 aromatic carbocycles. The van der Waals surface area contributed by atoms with Crippen molar-refractivity contribution in [2.24, 2.45) is 0 Å². The van der Waals surface area contributed by atoms with Crippen molar-refractivity contribution in [3.05, 3.63) is 23.3 Å². The lowest BCUT2D eigenvalue weighted by Crippen LogP contribution is -2.57. The summed E-state index contributed by atoms with van der Waals surface area (Å²) in [5.74, 6) is -0.352. The van der Waals surface area contributed by atoms with Gasteiger partial charge in [-0.05, 0) is 18.6 Å². The Labute approximate surface area is 120 Å². The summed E-state index contributed by atoms with van der Waals surface area (Å²) in [7, 11) is 0. The predicted octanol–water partition coefficient (Wildman–Crippen LogP) is 0.675. The molecule has 1 aromatic rings. The molecule has 0 unspecified atom stereocenters. The highest BCUT2D eigenvalue weighted by atomic mass is 16.6. The summed E-state index contributed by atoms with van der Waals surface area (Å²) in [6.45, 7) is -0.114. The normalized spacial score (nSPS) is 32.4. The van der Waals surface area contributed by atoms with E-state index in [-0.39, 0.29) is 36.7 Å². The molecule has 0 radical (unpaired) electrons. The maximum atomic E-state index is 12.1. The van der Waals surface area contributed by atoms with Gasteiger partial charge in [0.05, 0.1) is 11.0 Å². The Morgan fingerprint density at radius 3 is 2.62 bits per heavy atom. The number of aliphatic hydroxyl groups excluding tert-OH is 1. The smallest absolute Gasteiger partial charge is 0.338 e. The van der Waals surface area contributed by atoms with Gasteiger partial charge in [-0.2, -0.15) is 0 Å². The molecule has 0 amide bonds. The molecule has 0 spiro atoms. The maximum absolute atomic E-state index is 12.1. The van der Waals surface area contributed by atoms with Crippen LogP contribution < -0.4 is 4.74 Å². The van der Waals surface area contributed by atoms with Gasteiger partial charge in [-0.15, -0.1) is 0 Å². The zero-order valence-corrected chi connectivity index (χ0v) is 11.2. The van der Waals surface area contributed by atoms with E-state index in [2.05, 4.69) is 0 Å². The number of phenolic OH excluding ortho intramolecular Hbond substituents is 1. The number of phenols is 1. The van der Waals surface area contributed by atoms with E-state index in [1.54, 1.807) is 0 Å². The molecule has 21 heavy (non-hydrogen) atoms. The van der Waals surface area contributed by atoms with Crippen molar-refractivity contribution in [2.75, 3.05) is 6.61 Å². The van der Waals surface area contributed by atoms with Crippen LogP contribution in [0.15, 0.2) is 12.1 Å². The molecule has 0 bridgehead atoms. The largest absolute Gasteiger partial charge is 0.504 e. The van der Waals surface area contributed by atoms with Crippen LogP contribution >= 0.6 is 0 Å². The number of benzene rings is 1. The fraction of sp³-hybridized carbons (Fsp3) is 0.467. The number of aliphatic hydroxyl groups is 1. The van der Waals surface area contributed by atoms with E-state index in [9.17, 15) is 19.8 Å². The second-order valence-electron chi connectivity index (χ2n) is 5.80. The molecule has 0 saturated heterocycles. The minimum absolute atomic E-state index is 0.0397. The number of aromatic hydroxyl groups is 1. The second kappa shape index (κ2) is 3.98. The van der Waals surface area contributed by atoms with Crippen LogP contribution in [-0.2, 0) is 14.9 Å². The molecule has 6 heteroatoms. The highest BCUT2D eigenvalue weighted by molar-refractivity contribution is 5.96. The van der Waals surface area contributed by atoms with Crippen LogP contribution in [0.25, 0.3) is 0 Å². The Morgan fingerprint density at radius 1 is 1.19 bits per heavy atom. The molecule has 6 nitrogen and oxygen atoms in total. The van der Waals surface area contributed by atoms with E-state index in [0.29, 0.717) is 17.5 Å². The van der Waals surface area contributed by atoms with E-state index in [1.165, 1.54) is 12.1 Å². The third-order valence-corrected chi connectivity index (χ3v) is 4.83. The average Bonchev–Trinajstić information content (AvgIpc) is 2.75. The number of rotatable bonds is 2. The van der Waals surface area contributed by atoms with Gasteiger partial charge in [0.15, 0.2) is 11.5 Å². The van der Waals surface area contributed by atoms with Gasteiger partial charge in [-0.25, -0.2) is 4.79 Å². The maximum Gasteiger partial charge on any atom is 0.338 e. The number of carbonyl (C=O) groups is 2. The molecule has 2 aliphatic heterocycles. The highest BCUT2D eigenvalue weighted by Crippen LogP contribution is 2.58. The topological polar surface area (TPSA) is 93.1 Å². The SMILES string of the molecule is O=C1C[C@@H]2OC(=O)c3ccc(O)c4c3[C@@]2(CCO)[C@H](C1)O4. The molecule has 1 saturated carbocycles. The summed E-state index contributed by atoms with van der Waals surface area (Å²) >= 11 is 0. The standard InChI is InChI=1S/C15H14O6/c16-4-3-15-10-5-7(17)6-11(15)21-14(19)8-1-2-9(18)13(20-10)12(8)15/h1-2,10-11,16,18H,3-6H2/t10-,11-,15-/m0/s1. The predicted molar refractivity (Wildman–Crippen MR) is 69.3 cm³/mol. The third kappa shape index (κ3) is 1.40. The fourth-order valence-electron chi connectivity index (χ4n) is 3.97. The molecule has 1 fully saturated rings. The molecule has 1 aliphatic carbocycles. The summed E-state index contributed by atoms with van der Waals surface area (Å²) in [5.41, 5.74) is 0.208. The molecule has 4 rings (SSSR count). The summed E-state index contributed by atoms with van der Waals surface area (Å²) in [6.07, 6.45) is -0.501. The number of esters is 1. The summed E-state index contributed by atoms with van der Waals surface area (Å²) in [6, 6.07) is 2.90. The number of ketones is 1. The Morgan fingerprint density at radius 2 is 1.90 bits per heavy atom. The van der Waals surface area contributed by atoms with E-state index < -0.39 is 23.6 Å². The molecular weight excluding hydrogens is 276 g/mol. The monoisotopic (exact) mass is 290 g/mol. The van der Waals surface area contributed by atoms with Gasteiger partial charge in [0.1, 0.15) is 18.0 Å². The van der Waals surface area contributed by atoms with Crippen LogP contribution in [-0.4, -0.2) is 40.8 Å².